The largest absolute Gasteiger partial charge is 0.428 e. The van der Waals surface area contributed by atoms with Gasteiger partial charge in [0, 0.05) is 32.5 Å². The molecule has 0 bridgehead atoms. The molecule has 0 N–H and O–H groups in total. The van der Waals surface area contributed by atoms with Crippen LogP contribution in [0.4, 0.5) is 0 Å². The average Bonchev–Trinajstić information content (AvgIpc) is 3.05. The van der Waals surface area contributed by atoms with Crippen LogP contribution in [0, 0.1) is 28.6 Å². The highest BCUT2D eigenvalue weighted by molar-refractivity contribution is 5.93. The van der Waals surface area contributed by atoms with Gasteiger partial charge in [-0.3, -0.25) is 14.4 Å². The number of ketones is 2. The van der Waals surface area contributed by atoms with E-state index in [-0.39, 0.29) is 22.4 Å². The first kappa shape index (κ1) is 23.6. The molecular weight excluding hydrogens is 408 g/mol. The number of methoxy groups -OCH3 is 1. The van der Waals surface area contributed by atoms with E-state index in [4.69, 9.17) is 14.2 Å². The summed E-state index contributed by atoms with van der Waals surface area (Å²) in [6.45, 7) is 8.21. The Balaban J connectivity index is 1.68. The third kappa shape index (κ3) is 3.32. The molecule has 0 aromatic carbocycles. The van der Waals surface area contributed by atoms with Crippen LogP contribution in [0.5, 0.6) is 0 Å². The lowest BCUT2D eigenvalue weighted by atomic mass is 9.46. The van der Waals surface area contributed by atoms with Gasteiger partial charge in [0.05, 0.1) is 0 Å². The van der Waals surface area contributed by atoms with Gasteiger partial charge in [-0.25, -0.2) is 0 Å². The predicted molar refractivity (Wildman–Crippen MR) is 119 cm³/mol. The molecule has 3 fully saturated rings. The number of Topliss-reactive ketones (excluding diaryl/α,β-unsaturated/α-hetero) is 1. The summed E-state index contributed by atoms with van der Waals surface area (Å²) < 4.78 is 16.9. The highest BCUT2D eigenvalue weighted by Crippen LogP contribution is 2.68. The fourth-order valence-electron chi connectivity index (χ4n) is 8.07. The van der Waals surface area contributed by atoms with Crippen LogP contribution in [0.15, 0.2) is 11.6 Å². The van der Waals surface area contributed by atoms with Gasteiger partial charge in [-0.05, 0) is 81.1 Å². The van der Waals surface area contributed by atoms with Gasteiger partial charge in [-0.1, -0.05) is 19.4 Å². The van der Waals surface area contributed by atoms with E-state index in [9.17, 15) is 14.4 Å². The number of hydrogen-bond donors (Lipinski definition) is 0. The summed E-state index contributed by atoms with van der Waals surface area (Å²) in [7, 11) is 1.40. The van der Waals surface area contributed by atoms with E-state index in [1.54, 1.807) is 0 Å². The summed E-state index contributed by atoms with van der Waals surface area (Å²) in [5.41, 5.74) is 0.0946. The van der Waals surface area contributed by atoms with Gasteiger partial charge in [0.2, 0.25) is 5.78 Å². The van der Waals surface area contributed by atoms with E-state index in [1.807, 2.05) is 13.0 Å². The lowest BCUT2D eigenvalue weighted by Crippen LogP contribution is -2.61. The van der Waals surface area contributed by atoms with Crippen LogP contribution in [0.25, 0.3) is 0 Å². The van der Waals surface area contributed by atoms with Crippen molar-refractivity contribution in [3.8, 4) is 0 Å². The predicted octanol–water partition coefficient (Wildman–Crippen LogP) is 4.40. The molecule has 6 heteroatoms. The fourth-order valence-corrected chi connectivity index (χ4v) is 8.07. The van der Waals surface area contributed by atoms with Crippen LogP contribution in [-0.2, 0) is 28.6 Å². The zero-order chi connectivity index (χ0) is 23.3. The Bertz CT molecular complexity index is 832. The lowest BCUT2D eigenvalue weighted by Gasteiger charge is -2.59. The van der Waals surface area contributed by atoms with Crippen molar-refractivity contribution in [2.24, 2.45) is 28.6 Å². The van der Waals surface area contributed by atoms with E-state index < -0.39 is 17.9 Å². The maximum Gasteiger partial charge on any atom is 0.305 e. The minimum absolute atomic E-state index is 0.0891. The van der Waals surface area contributed by atoms with E-state index in [0.29, 0.717) is 37.2 Å². The van der Waals surface area contributed by atoms with Crippen molar-refractivity contribution >= 4 is 17.5 Å². The van der Waals surface area contributed by atoms with Crippen molar-refractivity contribution in [2.75, 3.05) is 13.7 Å². The lowest BCUT2D eigenvalue weighted by molar-refractivity contribution is -0.208. The van der Waals surface area contributed by atoms with Crippen LogP contribution in [0.2, 0.25) is 0 Å². The molecule has 4 rings (SSSR count). The molecule has 0 radical (unpaired) electrons. The number of ether oxygens (including phenoxy) is 3. The standard InChI is InChI=1S/C26H38O6/c1-6-31-26(22(29)23(30-5)32-16(2)27)14-11-21-19-8-7-17-15-18(28)9-12-24(17,3)20(19)10-13-25(21,26)4/h15,19-21,23H,6-14H2,1-5H3/t19-,20+,21+,23?,24+,25+,26+/m1/s1. The third-order valence-electron chi connectivity index (χ3n) is 9.57. The van der Waals surface area contributed by atoms with Gasteiger partial charge >= 0.3 is 5.97 Å². The molecule has 32 heavy (non-hydrogen) atoms. The fraction of sp³-hybridized carbons (Fsp3) is 0.808. The number of hydrogen-bond acceptors (Lipinski definition) is 6. The monoisotopic (exact) mass is 446 g/mol. The van der Waals surface area contributed by atoms with Gasteiger partial charge in [0.25, 0.3) is 6.29 Å². The maximum atomic E-state index is 13.8. The summed E-state index contributed by atoms with van der Waals surface area (Å²) >= 11 is 0. The highest BCUT2D eigenvalue weighted by atomic mass is 16.7. The molecular formula is C26H38O6. The van der Waals surface area contributed by atoms with E-state index in [1.165, 1.54) is 19.6 Å². The van der Waals surface area contributed by atoms with E-state index in [2.05, 4.69) is 13.8 Å². The van der Waals surface area contributed by atoms with Gasteiger partial charge in [-0.2, -0.15) is 0 Å². The second-order valence-corrected chi connectivity index (χ2v) is 10.8. The third-order valence-corrected chi connectivity index (χ3v) is 9.57. The van der Waals surface area contributed by atoms with E-state index in [0.717, 1.165) is 38.5 Å². The summed E-state index contributed by atoms with van der Waals surface area (Å²) in [4.78, 5) is 37.5. The van der Waals surface area contributed by atoms with Gasteiger partial charge in [-0.15, -0.1) is 0 Å². The first-order chi connectivity index (χ1) is 15.1. The SMILES string of the molecule is CCO[C@]1(C(=O)C(OC)OC(C)=O)CC[C@H]2[C@@H]3CCC4=CC(=O)CC[C@]4(C)[C@H]3CC[C@@]21C. The Kier molecular flexibility index (Phi) is 6.17. The van der Waals surface area contributed by atoms with Crippen molar-refractivity contribution in [3.63, 3.8) is 0 Å². The van der Waals surface area contributed by atoms with Crippen LogP contribution in [0.3, 0.4) is 0 Å². The first-order valence-electron chi connectivity index (χ1n) is 12.2. The Morgan fingerprint density at radius 1 is 1.09 bits per heavy atom. The second-order valence-electron chi connectivity index (χ2n) is 10.8. The van der Waals surface area contributed by atoms with Gasteiger partial charge < -0.3 is 14.2 Å². The van der Waals surface area contributed by atoms with Crippen molar-refractivity contribution in [1.29, 1.82) is 0 Å². The van der Waals surface area contributed by atoms with Crippen LogP contribution < -0.4 is 0 Å². The number of carbonyl (C=O) groups excluding carboxylic acids is 3. The van der Waals surface area contributed by atoms with Crippen molar-refractivity contribution in [1.82, 2.24) is 0 Å². The van der Waals surface area contributed by atoms with Crippen LogP contribution in [0.1, 0.15) is 79.1 Å². The molecule has 4 aliphatic rings. The number of allylic oxidation sites excluding steroid dienone is 1. The zero-order valence-electron chi connectivity index (χ0n) is 20.2. The molecule has 0 saturated heterocycles. The molecule has 0 aliphatic heterocycles. The number of carbonyl (C=O) groups is 3. The Labute approximate surface area is 191 Å². The molecule has 0 spiro atoms. The molecule has 178 valence electrons. The molecule has 0 aromatic rings. The Hall–Kier alpha value is -1.53. The summed E-state index contributed by atoms with van der Waals surface area (Å²) in [5.74, 6) is 0.886. The topological polar surface area (TPSA) is 78.9 Å². The molecule has 0 heterocycles. The zero-order valence-corrected chi connectivity index (χ0v) is 20.2. The van der Waals surface area contributed by atoms with Crippen molar-refractivity contribution < 1.29 is 28.6 Å². The summed E-state index contributed by atoms with van der Waals surface area (Å²) in [6.07, 6.45) is 7.77. The Morgan fingerprint density at radius 3 is 2.47 bits per heavy atom. The molecule has 7 atom stereocenters. The molecule has 1 unspecified atom stereocenters. The highest BCUT2D eigenvalue weighted by Gasteiger charge is 2.68. The minimum Gasteiger partial charge on any atom is -0.428 e. The average molecular weight is 447 g/mol. The number of rotatable bonds is 6. The quantitative estimate of drug-likeness (QED) is 0.445. The number of fused-ring (bicyclic) bond motifs is 5. The van der Waals surface area contributed by atoms with Gasteiger partial charge in [0.1, 0.15) is 5.60 Å². The van der Waals surface area contributed by atoms with Gasteiger partial charge in [0.15, 0.2) is 5.78 Å². The van der Waals surface area contributed by atoms with Crippen LogP contribution >= 0.6 is 0 Å². The molecule has 0 aromatic heterocycles. The summed E-state index contributed by atoms with van der Waals surface area (Å²) in [6, 6.07) is 0. The minimum atomic E-state index is -1.24. The normalized spacial score (nSPS) is 41.7. The van der Waals surface area contributed by atoms with Crippen LogP contribution in [-0.4, -0.2) is 43.1 Å². The maximum absolute atomic E-state index is 13.8. The van der Waals surface area contributed by atoms with Crippen molar-refractivity contribution in [3.05, 3.63) is 11.6 Å². The molecule has 3 saturated carbocycles. The first-order valence-corrected chi connectivity index (χ1v) is 12.2. The smallest absolute Gasteiger partial charge is 0.305 e. The second kappa shape index (κ2) is 8.35. The number of esters is 1. The molecule has 6 nitrogen and oxygen atoms in total. The Morgan fingerprint density at radius 2 is 1.81 bits per heavy atom. The summed E-state index contributed by atoms with van der Waals surface area (Å²) in [5, 5.41) is 0. The molecule has 0 amide bonds. The molecule has 4 aliphatic carbocycles. The van der Waals surface area contributed by atoms with E-state index >= 15 is 0 Å². The van der Waals surface area contributed by atoms with Crippen molar-refractivity contribution in [2.45, 2.75) is 91.0 Å².